The molecule has 1 nitrogen and oxygen atoms in total. The molecule has 20 heavy (non-hydrogen) atoms. The topological polar surface area (TPSA) is 12.0 Å². The smallest absolute Gasteiger partial charge is 0.380 e. The Morgan fingerprint density at radius 1 is 1.05 bits per heavy atom. The zero-order chi connectivity index (χ0) is 14.9. The molecule has 0 saturated carbocycles. The number of rotatable bonds is 3. The van der Waals surface area contributed by atoms with Gasteiger partial charge in [0.05, 0.1) is 9.35 Å². The second-order valence-electron chi connectivity index (χ2n) is 3.88. The number of hydrogen-bond acceptors (Lipinski definition) is 2. The lowest BCUT2D eigenvalue weighted by Gasteiger charge is -2.12. The molecule has 108 valence electrons. The monoisotopic (exact) mass is 491 g/mol. The molecule has 0 spiro atoms. The second-order valence-corrected chi connectivity index (χ2v) is 8.04. The van der Waals surface area contributed by atoms with E-state index < -0.39 is 11.7 Å². The average Bonchev–Trinajstić information content (AvgIpc) is 2.66. The lowest BCUT2D eigenvalue weighted by atomic mass is 10.2. The number of halogens is 6. The molecule has 1 heterocycles. The fourth-order valence-electron chi connectivity index (χ4n) is 1.52. The first-order valence-electron chi connectivity index (χ1n) is 5.31. The first-order valence-corrected chi connectivity index (χ1v) is 8.51. The molecule has 0 aliphatic carbocycles. The molecule has 0 unspecified atom stereocenters. The van der Waals surface area contributed by atoms with E-state index in [1.54, 1.807) is 6.07 Å². The van der Waals surface area contributed by atoms with Crippen LogP contribution in [0.25, 0.3) is 0 Å². The lowest BCUT2D eigenvalue weighted by molar-refractivity contribution is -0.138. The molecule has 2 aromatic rings. The molecule has 0 bridgehead atoms. The summed E-state index contributed by atoms with van der Waals surface area (Å²) in [6, 6.07) is 6.02. The van der Waals surface area contributed by atoms with E-state index in [2.05, 4.69) is 53.1 Å². The Balaban J connectivity index is 2.14. The van der Waals surface area contributed by atoms with Crippen LogP contribution in [0, 0.1) is 0 Å². The van der Waals surface area contributed by atoms with Crippen LogP contribution in [-0.2, 0) is 12.7 Å². The molecule has 0 aliphatic rings. The standard InChI is InChI=1S/C12H7Br3F3NS/c13-9-2-1-6(3-8(9)12(16,17)18)19-5-7-4-10(14)11(15)20-7/h1-4,19H,5H2. The number of nitrogens with one attached hydrogen (secondary N) is 1. The largest absolute Gasteiger partial charge is 0.417 e. The Bertz CT molecular complexity index is 605. The predicted octanol–water partition coefficient (Wildman–Crippen LogP) is 6.67. The Morgan fingerprint density at radius 2 is 1.75 bits per heavy atom. The lowest BCUT2D eigenvalue weighted by Crippen LogP contribution is -2.07. The number of thiophene rings is 1. The van der Waals surface area contributed by atoms with Crippen molar-refractivity contribution in [3.63, 3.8) is 0 Å². The molecule has 0 radical (unpaired) electrons. The Morgan fingerprint density at radius 3 is 2.30 bits per heavy atom. The highest BCUT2D eigenvalue weighted by Crippen LogP contribution is 2.37. The van der Waals surface area contributed by atoms with Crippen molar-refractivity contribution in [2.45, 2.75) is 12.7 Å². The van der Waals surface area contributed by atoms with Crippen LogP contribution in [0.3, 0.4) is 0 Å². The van der Waals surface area contributed by atoms with Crippen LogP contribution in [-0.4, -0.2) is 0 Å². The van der Waals surface area contributed by atoms with Crippen molar-refractivity contribution in [3.05, 3.63) is 47.4 Å². The first kappa shape index (κ1) is 16.3. The van der Waals surface area contributed by atoms with Gasteiger partial charge in [-0.15, -0.1) is 11.3 Å². The summed E-state index contributed by atoms with van der Waals surface area (Å²) in [6.45, 7) is 0.466. The average molecular weight is 494 g/mol. The maximum Gasteiger partial charge on any atom is 0.417 e. The van der Waals surface area contributed by atoms with E-state index in [0.29, 0.717) is 12.2 Å². The molecule has 1 N–H and O–H groups in total. The van der Waals surface area contributed by atoms with Crippen LogP contribution in [0.4, 0.5) is 18.9 Å². The summed E-state index contributed by atoms with van der Waals surface area (Å²) in [4.78, 5) is 1.01. The van der Waals surface area contributed by atoms with E-state index in [4.69, 9.17) is 0 Å². The summed E-state index contributed by atoms with van der Waals surface area (Å²) in [5.41, 5.74) is -0.253. The van der Waals surface area contributed by atoms with Crippen LogP contribution in [0.2, 0.25) is 0 Å². The Hall–Kier alpha value is -0.0500. The molecule has 2 rings (SSSR count). The molecular weight excluding hydrogens is 487 g/mol. The Labute approximate surface area is 143 Å². The van der Waals surface area contributed by atoms with Crippen LogP contribution < -0.4 is 5.32 Å². The van der Waals surface area contributed by atoms with Crippen LogP contribution in [0.5, 0.6) is 0 Å². The molecule has 1 aromatic carbocycles. The zero-order valence-corrected chi connectivity index (χ0v) is 15.3. The fourth-order valence-corrected chi connectivity index (χ4v) is 4.11. The predicted molar refractivity (Wildman–Crippen MR) is 86.2 cm³/mol. The molecule has 0 atom stereocenters. The van der Waals surface area contributed by atoms with Gasteiger partial charge in [0.25, 0.3) is 0 Å². The van der Waals surface area contributed by atoms with Gasteiger partial charge in [-0.3, -0.25) is 0 Å². The number of anilines is 1. The van der Waals surface area contributed by atoms with Gasteiger partial charge >= 0.3 is 6.18 Å². The second kappa shape index (κ2) is 6.37. The Kier molecular flexibility index (Phi) is 5.20. The van der Waals surface area contributed by atoms with Gasteiger partial charge in [0.15, 0.2) is 0 Å². The summed E-state index contributed by atoms with van der Waals surface area (Å²) in [6.07, 6.45) is -4.37. The fraction of sp³-hybridized carbons (Fsp3) is 0.167. The molecule has 0 aliphatic heterocycles. The van der Waals surface area contributed by atoms with Gasteiger partial charge < -0.3 is 5.32 Å². The zero-order valence-electron chi connectivity index (χ0n) is 9.69. The van der Waals surface area contributed by atoms with Gasteiger partial charge in [-0.25, -0.2) is 0 Å². The summed E-state index contributed by atoms with van der Waals surface area (Å²) in [7, 11) is 0. The highest BCUT2D eigenvalue weighted by Gasteiger charge is 2.33. The first-order chi connectivity index (χ1) is 9.27. The summed E-state index contributed by atoms with van der Waals surface area (Å²) < 4.78 is 40.3. The van der Waals surface area contributed by atoms with E-state index in [1.165, 1.54) is 17.4 Å². The minimum absolute atomic E-state index is 0.0390. The van der Waals surface area contributed by atoms with Crippen LogP contribution in [0.15, 0.2) is 37.0 Å². The molecule has 1 aromatic heterocycles. The maximum absolute atomic E-state index is 12.8. The van der Waals surface area contributed by atoms with E-state index in [-0.39, 0.29) is 4.47 Å². The van der Waals surface area contributed by atoms with E-state index in [9.17, 15) is 13.2 Å². The van der Waals surface area contributed by atoms with Crippen molar-refractivity contribution in [1.82, 2.24) is 0 Å². The minimum Gasteiger partial charge on any atom is -0.380 e. The molecular formula is C12H7Br3F3NS. The van der Waals surface area contributed by atoms with Crippen molar-refractivity contribution in [1.29, 1.82) is 0 Å². The van der Waals surface area contributed by atoms with Crippen molar-refractivity contribution < 1.29 is 13.2 Å². The number of alkyl halides is 3. The van der Waals surface area contributed by atoms with Gasteiger partial charge in [0.2, 0.25) is 0 Å². The van der Waals surface area contributed by atoms with Gasteiger partial charge in [-0.05, 0) is 56.1 Å². The maximum atomic E-state index is 12.8. The van der Waals surface area contributed by atoms with Crippen LogP contribution in [0.1, 0.15) is 10.4 Å². The highest BCUT2D eigenvalue weighted by atomic mass is 79.9. The normalized spacial score (nSPS) is 11.7. The third-order valence-electron chi connectivity index (χ3n) is 2.43. The SMILES string of the molecule is FC(F)(F)c1cc(NCc2cc(Br)c(Br)s2)ccc1Br. The van der Waals surface area contributed by atoms with Crippen molar-refractivity contribution in [2.75, 3.05) is 5.32 Å². The van der Waals surface area contributed by atoms with Crippen LogP contribution >= 0.6 is 59.1 Å². The van der Waals surface area contributed by atoms with Gasteiger partial charge in [0.1, 0.15) is 0 Å². The van der Waals surface area contributed by atoms with Gasteiger partial charge in [-0.2, -0.15) is 13.2 Å². The van der Waals surface area contributed by atoms with Crippen molar-refractivity contribution in [3.8, 4) is 0 Å². The van der Waals surface area contributed by atoms with E-state index in [1.807, 2.05) is 6.07 Å². The third-order valence-corrected chi connectivity index (χ3v) is 6.38. The van der Waals surface area contributed by atoms with Gasteiger partial charge in [0, 0.05) is 26.1 Å². The third kappa shape index (κ3) is 3.99. The summed E-state index contributed by atoms with van der Waals surface area (Å²) in [5, 5.41) is 2.99. The van der Waals surface area contributed by atoms with Crippen molar-refractivity contribution in [2.24, 2.45) is 0 Å². The summed E-state index contributed by atoms with van der Waals surface area (Å²) >= 11 is 11.2. The summed E-state index contributed by atoms with van der Waals surface area (Å²) in [5.74, 6) is 0. The highest BCUT2D eigenvalue weighted by molar-refractivity contribution is 9.13. The molecule has 8 heteroatoms. The number of benzene rings is 1. The van der Waals surface area contributed by atoms with E-state index in [0.717, 1.165) is 19.2 Å². The van der Waals surface area contributed by atoms with E-state index >= 15 is 0 Å². The molecule has 0 fully saturated rings. The number of hydrogen-bond donors (Lipinski definition) is 1. The quantitative estimate of drug-likeness (QED) is 0.503. The van der Waals surface area contributed by atoms with Crippen molar-refractivity contribution >= 4 is 64.8 Å². The van der Waals surface area contributed by atoms with Gasteiger partial charge in [-0.1, -0.05) is 15.9 Å². The minimum atomic E-state index is -4.37. The molecule has 0 saturated heterocycles. The molecule has 0 amide bonds.